The minimum atomic E-state index is -0.478. The molecule has 0 radical (unpaired) electrons. The van der Waals surface area contributed by atoms with Gasteiger partial charge in [0.2, 0.25) is 0 Å². The predicted octanol–water partition coefficient (Wildman–Crippen LogP) is 3.26. The number of aromatic nitrogens is 2. The molecule has 2 N–H and O–H groups in total. The zero-order chi connectivity index (χ0) is 17.1. The van der Waals surface area contributed by atoms with Gasteiger partial charge in [-0.1, -0.05) is 23.9 Å². The van der Waals surface area contributed by atoms with Crippen LogP contribution in [0.25, 0.3) is 11.5 Å². The second kappa shape index (κ2) is 6.71. The van der Waals surface area contributed by atoms with Crippen molar-refractivity contribution in [3.05, 3.63) is 53.8 Å². The van der Waals surface area contributed by atoms with Gasteiger partial charge in [-0.05, 0) is 30.3 Å². The highest BCUT2D eigenvalue weighted by molar-refractivity contribution is 7.99. The van der Waals surface area contributed by atoms with Crippen molar-refractivity contribution in [3.8, 4) is 23.0 Å². The number of nitrogens with zero attached hydrogens (tertiary/aromatic N) is 2. The van der Waals surface area contributed by atoms with Crippen molar-refractivity contribution in [1.29, 1.82) is 0 Å². The molecule has 0 atom stereocenters. The minimum Gasteiger partial charge on any atom is -0.504 e. The fourth-order valence-corrected chi connectivity index (χ4v) is 2.58. The molecule has 0 fully saturated rings. The number of Topliss-reactive ketones (excluding diaryl/α,β-unsaturated/α-hetero) is 1. The van der Waals surface area contributed by atoms with Gasteiger partial charge in [-0.15, -0.1) is 10.2 Å². The summed E-state index contributed by atoms with van der Waals surface area (Å²) in [7, 11) is 0. The van der Waals surface area contributed by atoms with E-state index >= 15 is 0 Å². The second-order valence-electron chi connectivity index (χ2n) is 4.77. The van der Waals surface area contributed by atoms with Crippen molar-refractivity contribution >= 4 is 17.5 Å². The van der Waals surface area contributed by atoms with Gasteiger partial charge in [0.25, 0.3) is 11.1 Å². The van der Waals surface area contributed by atoms with E-state index in [0.29, 0.717) is 0 Å². The van der Waals surface area contributed by atoms with Gasteiger partial charge in [0.1, 0.15) is 5.82 Å². The summed E-state index contributed by atoms with van der Waals surface area (Å²) in [6.07, 6.45) is 0. The third-order valence-electron chi connectivity index (χ3n) is 3.13. The Bertz CT molecular complexity index is 897. The van der Waals surface area contributed by atoms with E-state index in [4.69, 9.17) is 4.42 Å². The van der Waals surface area contributed by atoms with E-state index in [1.807, 2.05) is 0 Å². The van der Waals surface area contributed by atoms with Crippen LogP contribution in [0.1, 0.15) is 10.4 Å². The number of rotatable bonds is 5. The van der Waals surface area contributed by atoms with Crippen molar-refractivity contribution in [2.75, 3.05) is 5.75 Å². The molecule has 8 heteroatoms. The number of thioether (sulfide) groups is 1. The van der Waals surface area contributed by atoms with Gasteiger partial charge >= 0.3 is 0 Å². The highest BCUT2D eigenvalue weighted by Crippen LogP contribution is 2.28. The van der Waals surface area contributed by atoms with Crippen LogP contribution in [0.5, 0.6) is 11.5 Å². The Labute approximate surface area is 140 Å². The lowest BCUT2D eigenvalue weighted by Crippen LogP contribution is -2.01. The largest absolute Gasteiger partial charge is 0.504 e. The summed E-state index contributed by atoms with van der Waals surface area (Å²) in [4.78, 5) is 12.0. The number of ketones is 1. The number of phenols is 2. The fraction of sp³-hybridized carbons (Fsp3) is 0.0625. The maximum Gasteiger partial charge on any atom is 0.277 e. The lowest BCUT2D eigenvalue weighted by Gasteiger charge is -2.01. The zero-order valence-corrected chi connectivity index (χ0v) is 13.0. The monoisotopic (exact) mass is 346 g/mol. The fourth-order valence-electron chi connectivity index (χ4n) is 1.92. The topological polar surface area (TPSA) is 96.5 Å². The standard InChI is InChI=1S/C16H11FN2O4S/c17-11-4-2-1-3-10(11)15-18-19-16(23-15)24-8-14(22)9-5-6-12(20)13(21)7-9/h1-7,20-21H,8H2. The molecule has 0 amide bonds. The summed E-state index contributed by atoms with van der Waals surface area (Å²) in [5, 5.41) is 26.3. The average molecular weight is 346 g/mol. The number of carbonyl (C=O) groups excluding carboxylic acids is 1. The summed E-state index contributed by atoms with van der Waals surface area (Å²) in [5.74, 6) is -1.42. The second-order valence-corrected chi connectivity index (χ2v) is 5.69. The van der Waals surface area contributed by atoms with Gasteiger partial charge in [0.05, 0.1) is 11.3 Å². The SMILES string of the molecule is O=C(CSc1nnc(-c2ccccc2F)o1)c1ccc(O)c(O)c1. The molecule has 24 heavy (non-hydrogen) atoms. The normalized spacial score (nSPS) is 10.7. The number of carbonyl (C=O) groups is 1. The van der Waals surface area contributed by atoms with Crippen LogP contribution in [0, 0.1) is 5.82 Å². The van der Waals surface area contributed by atoms with Gasteiger partial charge < -0.3 is 14.6 Å². The Kier molecular flexibility index (Phi) is 4.48. The Hall–Kier alpha value is -2.87. The van der Waals surface area contributed by atoms with Crippen LogP contribution in [0.15, 0.2) is 52.1 Å². The first-order valence-corrected chi connectivity index (χ1v) is 7.79. The number of phenolic OH excluding ortho intramolecular Hbond substituents is 2. The first-order valence-electron chi connectivity index (χ1n) is 6.81. The van der Waals surface area contributed by atoms with Crippen LogP contribution in [-0.4, -0.2) is 31.9 Å². The predicted molar refractivity (Wildman–Crippen MR) is 84.5 cm³/mol. The van der Waals surface area contributed by atoms with E-state index < -0.39 is 5.82 Å². The number of aromatic hydroxyl groups is 2. The molecule has 0 aliphatic carbocycles. The average Bonchev–Trinajstić information content (AvgIpc) is 3.04. The van der Waals surface area contributed by atoms with Crippen molar-refractivity contribution in [2.24, 2.45) is 0 Å². The van der Waals surface area contributed by atoms with Crippen LogP contribution >= 0.6 is 11.8 Å². The molecule has 0 saturated heterocycles. The van der Waals surface area contributed by atoms with E-state index in [2.05, 4.69) is 10.2 Å². The first-order chi connectivity index (χ1) is 11.5. The van der Waals surface area contributed by atoms with Gasteiger partial charge in [-0.2, -0.15) is 0 Å². The van der Waals surface area contributed by atoms with Gasteiger partial charge in [0.15, 0.2) is 17.3 Å². The Morgan fingerprint density at radius 1 is 1.12 bits per heavy atom. The Morgan fingerprint density at radius 3 is 2.67 bits per heavy atom. The molecule has 122 valence electrons. The maximum absolute atomic E-state index is 13.7. The molecule has 6 nitrogen and oxygen atoms in total. The van der Waals surface area contributed by atoms with Crippen molar-refractivity contribution < 1.29 is 23.8 Å². The van der Waals surface area contributed by atoms with Crippen molar-refractivity contribution in [2.45, 2.75) is 5.22 Å². The van der Waals surface area contributed by atoms with E-state index in [1.165, 1.54) is 30.3 Å². The quantitative estimate of drug-likeness (QED) is 0.416. The lowest BCUT2D eigenvalue weighted by molar-refractivity contribution is 0.102. The summed E-state index contributed by atoms with van der Waals surface area (Å²) in [6.45, 7) is 0. The Morgan fingerprint density at radius 2 is 1.92 bits per heavy atom. The summed E-state index contributed by atoms with van der Waals surface area (Å²) in [5.41, 5.74) is 0.429. The van der Waals surface area contributed by atoms with E-state index in [-0.39, 0.29) is 45.3 Å². The molecule has 0 bridgehead atoms. The molecule has 0 aliphatic rings. The maximum atomic E-state index is 13.7. The lowest BCUT2D eigenvalue weighted by atomic mass is 10.1. The third-order valence-corrected chi connectivity index (χ3v) is 3.95. The number of benzene rings is 2. The van der Waals surface area contributed by atoms with Gasteiger partial charge in [-0.25, -0.2) is 4.39 Å². The molecule has 0 aliphatic heterocycles. The minimum absolute atomic E-state index is 0.0108. The van der Waals surface area contributed by atoms with Gasteiger partial charge in [0, 0.05) is 5.56 Å². The van der Waals surface area contributed by atoms with E-state index in [0.717, 1.165) is 11.8 Å². The van der Waals surface area contributed by atoms with Crippen molar-refractivity contribution in [1.82, 2.24) is 10.2 Å². The van der Waals surface area contributed by atoms with Crippen LogP contribution in [0.2, 0.25) is 0 Å². The molecular weight excluding hydrogens is 335 g/mol. The summed E-state index contributed by atoms with van der Waals surface area (Å²) < 4.78 is 19.0. The smallest absolute Gasteiger partial charge is 0.277 e. The Balaban J connectivity index is 1.68. The highest BCUT2D eigenvalue weighted by Gasteiger charge is 2.15. The molecule has 2 aromatic carbocycles. The first kappa shape index (κ1) is 16.0. The van der Waals surface area contributed by atoms with Gasteiger partial charge in [-0.3, -0.25) is 4.79 Å². The molecule has 3 rings (SSSR count). The molecule has 0 saturated carbocycles. The molecule has 3 aromatic rings. The molecule has 1 heterocycles. The number of hydrogen-bond acceptors (Lipinski definition) is 7. The van der Waals surface area contributed by atoms with Crippen LogP contribution < -0.4 is 0 Å². The summed E-state index contributed by atoms with van der Waals surface area (Å²) in [6, 6.07) is 9.81. The van der Waals surface area contributed by atoms with Crippen molar-refractivity contribution in [3.63, 3.8) is 0 Å². The molecule has 0 spiro atoms. The number of hydrogen-bond donors (Lipinski definition) is 2. The summed E-state index contributed by atoms with van der Waals surface area (Å²) >= 11 is 0.998. The molecule has 1 aromatic heterocycles. The molecule has 0 unspecified atom stereocenters. The molecular formula is C16H11FN2O4S. The van der Waals surface area contributed by atoms with Crippen LogP contribution in [0.4, 0.5) is 4.39 Å². The van der Waals surface area contributed by atoms with Crippen LogP contribution in [0.3, 0.4) is 0 Å². The van der Waals surface area contributed by atoms with Crippen LogP contribution in [-0.2, 0) is 0 Å². The number of halogens is 1. The van der Waals surface area contributed by atoms with E-state index in [9.17, 15) is 19.4 Å². The van der Waals surface area contributed by atoms with E-state index in [1.54, 1.807) is 12.1 Å². The zero-order valence-electron chi connectivity index (χ0n) is 12.1. The highest BCUT2D eigenvalue weighted by atomic mass is 32.2. The third kappa shape index (κ3) is 3.38.